The summed E-state index contributed by atoms with van der Waals surface area (Å²) in [5.74, 6) is -5.29. The molecule has 0 unspecified atom stereocenters. The van der Waals surface area contributed by atoms with Gasteiger partial charge < -0.3 is 0 Å². The Hall–Kier alpha value is -3.96. The zero-order chi connectivity index (χ0) is 27.0. The lowest BCUT2D eigenvalue weighted by Gasteiger charge is -2.14. The van der Waals surface area contributed by atoms with Crippen molar-refractivity contribution in [1.29, 1.82) is 0 Å². The highest BCUT2D eigenvalue weighted by atomic mass is 19.4. The molecule has 4 aromatic rings. The summed E-state index contributed by atoms with van der Waals surface area (Å²) < 4.78 is 130. The molecule has 0 N–H and O–H groups in total. The molecule has 36 heavy (non-hydrogen) atoms. The monoisotopic (exact) mass is 520 g/mol. The zero-order valence-corrected chi connectivity index (χ0v) is 17.4. The molecule has 188 valence electrons. The van der Waals surface area contributed by atoms with Crippen molar-refractivity contribution in [1.82, 2.24) is 0 Å². The molecule has 0 radical (unpaired) electrons. The van der Waals surface area contributed by atoms with Gasteiger partial charge in [-0.3, -0.25) is 9.59 Å². The molecule has 2 nitrogen and oxygen atoms in total. The van der Waals surface area contributed by atoms with Crippen molar-refractivity contribution in [3.8, 4) is 0 Å². The maximum Gasteiger partial charge on any atom is 0.417 e. The molecule has 12 heteroatoms. The lowest BCUT2D eigenvalue weighted by atomic mass is 9.99. The first-order valence-corrected chi connectivity index (χ1v) is 9.58. The summed E-state index contributed by atoms with van der Waals surface area (Å²) in [7, 11) is 0. The highest BCUT2D eigenvalue weighted by Crippen LogP contribution is 2.39. The maximum absolute atomic E-state index is 13.6. The Morgan fingerprint density at radius 1 is 0.528 bits per heavy atom. The first kappa shape index (κ1) is 26.6. The first-order chi connectivity index (χ1) is 16.7. The minimum absolute atomic E-state index is 0.0897. The summed E-state index contributed by atoms with van der Waals surface area (Å²) in [5.41, 5.74) is -3.96. The van der Waals surface area contributed by atoms with E-state index in [0.29, 0.717) is 12.1 Å². The van der Waals surface area contributed by atoms with E-state index in [0.717, 1.165) is 36.4 Å². The van der Waals surface area contributed by atoms with E-state index in [1.165, 1.54) is 0 Å². The Labute approximate surface area is 194 Å². The maximum atomic E-state index is 13.6. The molecule has 0 aliphatic heterocycles. The van der Waals surface area contributed by atoms with E-state index in [9.17, 15) is 53.5 Å². The predicted molar refractivity (Wildman–Crippen MR) is 109 cm³/mol. The smallest absolute Gasteiger partial charge is 0.298 e. The number of carbonyl (C=O) groups excluding carboxylic acids is 2. The van der Waals surface area contributed by atoms with Crippen LogP contribution in [0.4, 0.5) is 43.9 Å². The second kappa shape index (κ2) is 9.59. The molecule has 4 rings (SSSR count). The van der Waals surface area contributed by atoms with Crippen LogP contribution in [-0.2, 0) is 12.4 Å². The van der Waals surface area contributed by atoms with Gasteiger partial charge in [0, 0.05) is 10.8 Å². The van der Waals surface area contributed by atoms with Gasteiger partial charge in [0.1, 0.15) is 23.3 Å². The van der Waals surface area contributed by atoms with Crippen LogP contribution >= 0.6 is 0 Å². The van der Waals surface area contributed by atoms with Crippen LogP contribution in [0, 0.1) is 23.3 Å². The third-order valence-corrected chi connectivity index (χ3v) is 5.06. The molecule has 0 spiro atoms. The molecule has 0 fully saturated rings. The van der Waals surface area contributed by atoms with Crippen LogP contribution in [0.15, 0.2) is 48.5 Å². The Balaban J connectivity index is 0.000000201. The van der Waals surface area contributed by atoms with Crippen molar-refractivity contribution < 1.29 is 53.5 Å². The molecule has 0 aliphatic rings. The second-order valence-electron chi connectivity index (χ2n) is 7.20. The van der Waals surface area contributed by atoms with Gasteiger partial charge in [-0.25, -0.2) is 17.6 Å². The second-order valence-corrected chi connectivity index (χ2v) is 7.20. The molecule has 4 aromatic carbocycles. The molecule has 0 bridgehead atoms. The standard InChI is InChI=1S/C12H6F6.C12H4F4O2/c13-11(14,15)9-5-1-3-7-8(9)4-2-6-10(7)12(16,17)18;13-9-1-5-6(12(16)7(9)3-17)2-10(14)8(4-18)11(5)15/h1-6H;1-4H. The predicted octanol–water partition coefficient (Wildman–Crippen LogP) is 7.90. The lowest BCUT2D eigenvalue weighted by Crippen LogP contribution is -2.09. The van der Waals surface area contributed by atoms with Gasteiger partial charge >= 0.3 is 12.4 Å². The summed E-state index contributed by atoms with van der Waals surface area (Å²) in [6.07, 6.45) is -9.53. The fourth-order valence-electron chi connectivity index (χ4n) is 3.45. The minimum atomic E-state index is -4.68. The van der Waals surface area contributed by atoms with E-state index >= 15 is 0 Å². The molecule has 0 aliphatic carbocycles. The largest absolute Gasteiger partial charge is 0.417 e. The number of aldehydes is 2. The highest BCUT2D eigenvalue weighted by Gasteiger charge is 2.36. The molecule has 0 atom stereocenters. The topological polar surface area (TPSA) is 34.1 Å². The quantitative estimate of drug-likeness (QED) is 0.199. The summed E-state index contributed by atoms with van der Waals surface area (Å²) in [6.45, 7) is 0. The average molecular weight is 520 g/mol. The summed E-state index contributed by atoms with van der Waals surface area (Å²) in [6, 6.07) is 6.64. The van der Waals surface area contributed by atoms with Crippen molar-refractivity contribution in [2.24, 2.45) is 0 Å². The molecule has 0 saturated carbocycles. The number of fused-ring (bicyclic) bond motifs is 2. The Kier molecular flexibility index (Phi) is 7.10. The van der Waals surface area contributed by atoms with Gasteiger partial charge in [-0.15, -0.1) is 0 Å². The number of benzene rings is 4. The van der Waals surface area contributed by atoms with E-state index in [4.69, 9.17) is 0 Å². The van der Waals surface area contributed by atoms with E-state index < -0.39 is 79.4 Å². The van der Waals surface area contributed by atoms with E-state index in [-0.39, 0.29) is 12.6 Å². The van der Waals surface area contributed by atoms with Crippen LogP contribution < -0.4 is 0 Å². The number of alkyl halides is 6. The van der Waals surface area contributed by atoms with Gasteiger partial charge in [-0.1, -0.05) is 24.3 Å². The van der Waals surface area contributed by atoms with Crippen molar-refractivity contribution in [3.05, 3.63) is 94.1 Å². The van der Waals surface area contributed by atoms with Crippen molar-refractivity contribution in [2.45, 2.75) is 12.4 Å². The Morgan fingerprint density at radius 3 is 1.14 bits per heavy atom. The third-order valence-electron chi connectivity index (χ3n) is 5.06. The zero-order valence-electron chi connectivity index (χ0n) is 17.4. The van der Waals surface area contributed by atoms with Gasteiger partial charge in [0.25, 0.3) is 0 Å². The average Bonchev–Trinajstić information content (AvgIpc) is 2.79. The summed E-state index contributed by atoms with van der Waals surface area (Å²) >= 11 is 0. The number of halogens is 10. The fourth-order valence-corrected chi connectivity index (χ4v) is 3.45. The number of hydrogen-bond donors (Lipinski definition) is 0. The van der Waals surface area contributed by atoms with Gasteiger partial charge in [-0.2, -0.15) is 26.3 Å². The molecule has 0 heterocycles. The van der Waals surface area contributed by atoms with Gasteiger partial charge in [0.05, 0.1) is 22.3 Å². The van der Waals surface area contributed by atoms with E-state index in [1.54, 1.807) is 0 Å². The molecule has 0 aromatic heterocycles. The van der Waals surface area contributed by atoms with Crippen LogP contribution in [0.2, 0.25) is 0 Å². The SMILES string of the molecule is FC(F)(F)c1cccc2c(C(F)(F)F)cccc12.O=Cc1c(F)cc2c(F)c(C=O)c(F)cc2c1F. The summed E-state index contributed by atoms with van der Waals surface area (Å²) in [5, 5.41) is -2.09. The van der Waals surface area contributed by atoms with E-state index in [1.807, 2.05) is 0 Å². The normalized spacial score (nSPS) is 11.8. The molecule has 0 amide bonds. The van der Waals surface area contributed by atoms with Gasteiger partial charge in [-0.05, 0) is 35.0 Å². The van der Waals surface area contributed by atoms with Crippen molar-refractivity contribution in [3.63, 3.8) is 0 Å². The van der Waals surface area contributed by atoms with Crippen LogP contribution in [-0.4, -0.2) is 12.6 Å². The Bertz CT molecular complexity index is 1370. The van der Waals surface area contributed by atoms with Crippen LogP contribution in [0.3, 0.4) is 0 Å². The highest BCUT2D eigenvalue weighted by molar-refractivity contribution is 5.94. The van der Waals surface area contributed by atoms with Crippen molar-refractivity contribution >= 4 is 34.1 Å². The van der Waals surface area contributed by atoms with Gasteiger partial charge in [0.2, 0.25) is 0 Å². The minimum Gasteiger partial charge on any atom is -0.298 e. The lowest BCUT2D eigenvalue weighted by molar-refractivity contribution is -0.138. The number of carbonyl (C=O) groups is 2. The fraction of sp³-hybridized carbons (Fsp3) is 0.0833. The third kappa shape index (κ3) is 4.88. The molecular formula is C24H10F10O2. The van der Waals surface area contributed by atoms with E-state index in [2.05, 4.69) is 0 Å². The molecule has 0 saturated heterocycles. The first-order valence-electron chi connectivity index (χ1n) is 9.58. The van der Waals surface area contributed by atoms with Crippen molar-refractivity contribution in [2.75, 3.05) is 0 Å². The summed E-state index contributed by atoms with van der Waals surface area (Å²) in [4.78, 5) is 20.9. The number of hydrogen-bond acceptors (Lipinski definition) is 2. The number of rotatable bonds is 2. The molecular weight excluding hydrogens is 510 g/mol. The van der Waals surface area contributed by atoms with Crippen LogP contribution in [0.1, 0.15) is 31.8 Å². The van der Waals surface area contributed by atoms with Gasteiger partial charge in [0.15, 0.2) is 12.6 Å². The van der Waals surface area contributed by atoms with Crippen LogP contribution in [0.5, 0.6) is 0 Å². The van der Waals surface area contributed by atoms with Crippen LogP contribution in [0.25, 0.3) is 21.5 Å². The Morgan fingerprint density at radius 2 is 0.861 bits per heavy atom.